The highest BCUT2D eigenvalue weighted by molar-refractivity contribution is 7.89. The molecule has 130 valence electrons. The lowest BCUT2D eigenvalue weighted by molar-refractivity contribution is 0.0200. The molecule has 1 amide bonds. The third-order valence-electron chi connectivity index (χ3n) is 3.58. The SMILES string of the molecule is NCc1cc(C(=O)NCCS(=O)(=O)NCC2CCCCO2)co1. The Balaban J connectivity index is 1.70. The first kappa shape index (κ1) is 17.9. The fourth-order valence-corrected chi connectivity index (χ4v) is 3.22. The van der Waals surface area contributed by atoms with Gasteiger partial charge in [-0.25, -0.2) is 13.1 Å². The summed E-state index contributed by atoms with van der Waals surface area (Å²) in [6, 6.07) is 1.53. The van der Waals surface area contributed by atoms with Crippen molar-refractivity contribution in [3.63, 3.8) is 0 Å². The number of furan rings is 1. The van der Waals surface area contributed by atoms with Gasteiger partial charge in [0.15, 0.2) is 0 Å². The monoisotopic (exact) mass is 345 g/mol. The van der Waals surface area contributed by atoms with Crippen LogP contribution in [0, 0.1) is 0 Å². The first-order valence-electron chi connectivity index (χ1n) is 7.65. The quantitative estimate of drug-likeness (QED) is 0.607. The smallest absolute Gasteiger partial charge is 0.254 e. The van der Waals surface area contributed by atoms with E-state index in [4.69, 9.17) is 14.9 Å². The molecule has 0 aromatic carbocycles. The van der Waals surface area contributed by atoms with Gasteiger partial charge in [0.2, 0.25) is 10.0 Å². The maximum Gasteiger partial charge on any atom is 0.254 e. The summed E-state index contributed by atoms with van der Waals surface area (Å²) in [4.78, 5) is 11.8. The third kappa shape index (κ3) is 5.94. The molecule has 1 fully saturated rings. The van der Waals surface area contributed by atoms with Gasteiger partial charge in [-0.3, -0.25) is 4.79 Å². The Morgan fingerprint density at radius 1 is 1.39 bits per heavy atom. The number of sulfonamides is 1. The van der Waals surface area contributed by atoms with Gasteiger partial charge in [-0.2, -0.15) is 0 Å². The van der Waals surface area contributed by atoms with Gasteiger partial charge < -0.3 is 20.2 Å². The van der Waals surface area contributed by atoms with Crippen LogP contribution < -0.4 is 15.8 Å². The number of hydrogen-bond donors (Lipinski definition) is 3. The zero-order valence-electron chi connectivity index (χ0n) is 12.9. The Labute approximate surface area is 135 Å². The fraction of sp³-hybridized carbons (Fsp3) is 0.643. The van der Waals surface area contributed by atoms with Crippen LogP contribution in [0.15, 0.2) is 16.7 Å². The second-order valence-corrected chi connectivity index (χ2v) is 7.34. The average molecular weight is 345 g/mol. The highest BCUT2D eigenvalue weighted by Crippen LogP contribution is 2.11. The minimum Gasteiger partial charge on any atom is -0.467 e. The molecule has 2 heterocycles. The summed E-state index contributed by atoms with van der Waals surface area (Å²) in [5.41, 5.74) is 5.72. The number of nitrogens with one attached hydrogen (secondary N) is 2. The van der Waals surface area contributed by atoms with Crippen molar-refractivity contribution in [1.82, 2.24) is 10.0 Å². The van der Waals surface area contributed by atoms with Gasteiger partial charge in [0.05, 0.1) is 24.0 Å². The van der Waals surface area contributed by atoms with E-state index in [1.165, 1.54) is 12.3 Å². The van der Waals surface area contributed by atoms with E-state index >= 15 is 0 Å². The van der Waals surface area contributed by atoms with Crippen molar-refractivity contribution in [3.8, 4) is 0 Å². The van der Waals surface area contributed by atoms with Crippen LogP contribution in [0.1, 0.15) is 35.4 Å². The van der Waals surface area contributed by atoms with Crippen molar-refractivity contribution in [2.24, 2.45) is 5.73 Å². The van der Waals surface area contributed by atoms with Gasteiger partial charge in [-0.1, -0.05) is 0 Å². The predicted octanol–water partition coefficient (Wildman–Crippen LogP) is -0.0434. The third-order valence-corrected chi connectivity index (χ3v) is 4.93. The molecule has 1 aromatic rings. The van der Waals surface area contributed by atoms with E-state index in [0.717, 1.165) is 19.3 Å². The first-order valence-corrected chi connectivity index (χ1v) is 9.30. The summed E-state index contributed by atoms with van der Waals surface area (Å²) < 4.78 is 36.8. The van der Waals surface area contributed by atoms with Crippen molar-refractivity contribution >= 4 is 15.9 Å². The Morgan fingerprint density at radius 3 is 2.87 bits per heavy atom. The van der Waals surface area contributed by atoms with Gasteiger partial charge in [0.1, 0.15) is 12.0 Å². The summed E-state index contributed by atoms with van der Waals surface area (Å²) in [5, 5.41) is 2.54. The van der Waals surface area contributed by atoms with E-state index < -0.39 is 10.0 Å². The van der Waals surface area contributed by atoms with E-state index in [0.29, 0.717) is 17.9 Å². The van der Waals surface area contributed by atoms with Crippen LogP contribution in [-0.4, -0.2) is 45.9 Å². The summed E-state index contributed by atoms with van der Waals surface area (Å²) in [6.45, 7) is 1.17. The van der Waals surface area contributed by atoms with Crippen LogP contribution in [-0.2, 0) is 21.3 Å². The minimum absolute atomic E-state index is 0.0167. The van der Waals surface area contributed by atoms with Crippen molar-refractivity contribution < 1.29 is 22.4 Å². The number of hydrogen-bond acceptors (Lipinski definition) is 6. The van der Waals surface area contributed by atoms with Crippen LogP contribution in [0.25, 0.3) is 0 Å². The zero-order chi connectivity index (χ0) is 16.7. The maximum absolute atomic E-state index is 11.9. The summed E-state index contributed by atoms with van der Waals surface area (Å²) in [7, 11) is -3.45. The second kappa shape index (κ2) is 8.44. The topological polar surface area (TPSA) is 124 Å². The van der Waals surface area contributed by atoms with E-state index in [1.807, 2.05) is 0 Å². The number of nitrogens with two attached hydrogens (primary N) is 1. The molecule has 23 heavy (non-hydrogen) atoms. The molecule has 2 rings (SSSR count). The van der Waals surface area contributed by atoms with E-state index in [9.17, 15) is 13.2 Å². The Hall–Kier alpha value is -1.42. The summed E-state index contributed by atoms with van der Waals surface area (Å²) in [5.74, 6) is -0.0799. The lowest BCUT2D eigenvalue weighted by Crippen LogP contribution is -2.39. The van der Waals surface area contributed by atoms with Crippen LogP contribution in [0.5, 0.6) is 0 Å². The molecule has 1 atom stereocenters. The molecule has 1 unspecified atom stereocenters. The van der Waals surface area contributed by atoms with Gasteiger partial charge in [-0.15, -0.1) is 0 Å². The standard InChI is InChI=1S/C14H23N3O5S/c15-8-13-7-11(10-22-13)14(18)16-4-6-23(19,20)17-9-12-3-1-2-5-21-12/h7,10,12,17H,1-6,8-9,15H2,(H,16,18). The number of carbonyl (C=O) groups is 1. The zero-order valence-corrected chi connectivity index (χ0v) is 13.7. The number of ether oxygens (including phenoxy) is 1. The number of rotatable bonds is 8. The molecule has 8 nitrogen and oxygen atoms in total. The van der Waals surface area contributed by atoms with Gasteiger partial charge in [-0.05, 0) is 25.3 Å². The molecular weight excluding hydrogens is 322 g/mol. The van der Waals surface area contributed by atoms with Crippen LogP contribution in [0.4, 0.5) is 0 Å². The Morgan fingerprint density at radius 2 is 2.22 bits per heavy atom. The van der Waals surface area contributed by atoms with Crippen molar-refractivity contribution in [3.05, 3.63) is 23.7 Å². The van der Waals surface area contributed by atoms with Crippen LogP contribution in [0.3, 0.4) is 0 Å². The molecule has 0 saturated carbocycles. The number of amides is 1. The maximum atomic E-state index is 11.9. The average Bonchev–Trinajstić information content (AvgIpc) is 3.03. The number of carbonyl (C=O) groups excluding carboxylic acids is 1. The summed E-state index contributed by atoms with van der Waals surface area (Å²) >= 11 is 0. The van der Waals surface area contributed by atoms with E-state index in [2.05, 4.69) is 10.0 Å². The lowest BCUT2D eigenvalue weighted by Gasteiger charge is -2.22. The lowest BCUT2D eigenvalue weighted by atomic mass is 10.1. The van der Waals surface area contributed by atoms with Crippen molar-refractivity contribution in [2.75, 3.05) is 25.4 Å². The molecule has 9 heteroatoms. The Bertz CT molecular complexity index is 608. The normalized spacial score (nSPS) is 18.7. The van der Waals surface area contributed by atoms with E-state index in [1.54, 1.807) is 0 Å². The molecule has 0 aliphatic carbocycles. The molecule has 0 spiro atoms. The van der Waals surface area contributed by atoms with Gasteiger partial charge in [0, 0.05) is 19.7 Å². The largest absolute Gasteiger partial charge is 0.467 e. The predicted molar refractivity (Wildman–Crippen MR) is 84.3 cm³/mol. The molecule has 1 saturated heterocycles. The van der Waals surface area contributed by atoms with E-state index in [-0.39, 0.29) is 37.4 Å². The molecular formula is C14H23N3O5S. The molecule has 0 radical (unpaired) electrons. The minimum atomic E-state index is -3.45. The summed E-state index contributed by atoms with van der Waals surface area (Å²) in [6.07, 6.45) is 4.18. The fourth-order valence-electron chi connectivity index (χ4n) is 2.27. The molecule has 4 N–H and O–H groups in total. The molecule has 1 aromatic heterocycles. The van der Waals surface area contributed by atoms with Crippen LogP contribution in [0.2, 0.25) is 0 Å². The van der Waals surface area contributed by atoms with Crippen molar-refractivity contribution in [2.45, 2.75) is 31.9 Å². The molecule has 1 aliphatic heterocycles. The second-order valence-electron chi connectivity index (χ2n) is 5.42. The Kier molecular flexibility index (Phi) is 6.58. The van der Waals surface area contributed by atoms with Gasteiger partial charge in [0.25, 0.3) is 5.91 Å². The van der Waals surface area contributed by atoms with Crippen LogP contribution >= 0.6 is 0 Å². The first-order chi connectivity index (χ1) is 11.0. The molecule has 0 bridgehead atoms. The highest BCUT2D eigenvalue weighted by atomic mass is 32.2. The molecule has 1 aliphatic rings. The van der Waals surface area contributed by atoms with Gasteiger partial charge >= 0.3 is 0 Å². The highest BCUT2D eigenvalue weighted by Gasteiger charge is 2.18. The van der Waals surface area contributed by atoms with Crippen molar-refractivity contribution in [1.29, 1.82) is 0 Å².